The van der Waals surface area contributed by atoms with Crippen molar-refractivity contribution in [2.75, 3.05) is 18.7 Å². The van der Waals surface area contributed by atoms with Gasteiger partial charge in [-0.3, -0.25) is 0 Å². The molecule has 3 heterocycles. The molecule has 0 saturated carbocycles. The predicted molar refractivity (Wildman–Crippen MR) is 104 cm³/mol. The molecule has 0 amide bonds. The number of nitrogens with zero attached hydrogens (tertiary/aromatic N) is 2. The Kier molecular flexibility index (Phi) is 3.93. The van der Waals surface area contributed by atoms with Gasteiger partial charge in [0.15, 0.2) is 11.5 Å². The Balaban J connectivity index is 1.63. The number of benzene rings is 2. The SMILES string of the molecule is O=C(O)c1ccc(-n2nc(-c3ccc4c(c3)OCO4)c3c2NCCCC3)cc1. The number of nitrogens with one attached hydrogen (secondary N) is 1. The molecule has 1 aromatic heterocycles. The smallest absolute Gasteiger partial charge is 0.335 e. The number of aromatic nitrogens is 2. The number of ether oxygens (including phenoxy) is 2. The molecule has 2 N–H and O–H groups in total. The molecule has 0 atom stereocenters. The Bertz CT molecular complexity index is 1060. The fraction of sp³-hybridized carbons (Fsp3) is 0.238. The van der Waals surface area contributed by atoms with Crippen LogP contribution < -0.4 is 14.8 Å². The molecule has 0 radical (unpaired) electrons. The third kappa shape index (κ3) is 2.76. The van der Waals surface area contributed by atoms with Gasteiger partial charge in [0.05, 0.1) is 16.9 Å². The van der Waals surface area contributed by atoms with Gasteiger partial charge < -0.3 is 19.9 Å². The first-order valence-electron chi connectivity index (χ1n) is 9.30. The van der Waals surface area contributed by atoms with E-state index < -0.39 is 5.97 Å². The molecular weight excluding hydrogens is 358 g/mol. The van der Waals surface area contributed by atoms with E-state index in [0.717, 1.165) is 60.1 Å². The standard InChI is InChI=1S/C21H19N3O4/c25-21(26)13-4-7-15(8-5-13)24-20-16(3-1-2-10-22-20)19(23-24)14-6-9-17-18(11-14)28-12-27-17/h4-9,11,22H,1-3,10,12H2,(H,25,26). The minimum Gasteiger partial charge on any atom is -0.478 e. The number of hydrogen-bond acceptors (Lipinski definition) is 5. The summed E-state index contributed by atoms with van der Waals surface area (Å²) < 4.78 is 12.8. The van der Waals surface area contributed by atoms with Crippen LogP contribution in [-0.2, 0) is 6.42 Å². The van der Waals surface area contributed by atoms with E-state index in [9.17, 15) is 4.79 Å². The molecule has 2 aliphatic heterocycles. The van der Waals surface area contributed by atoms with Gasteiger partial charge in [-0.2, -0.15) is 5.10 Å². The summed E-state index contributed by atoms with van der Waals surface area (Å²) in [5, 5.41) is 17.5. The van der Waals surface area contributed by atoms with Crippen LogP contribution in [0.2, 0.25) is 0 Å². The first-order chi connectivity index (χ1) is 13.7. The second kappa shape index (κ2) is 6.60. The molecule has 0 bridgehead atoms. The lowest BCUT2D eigenvalue weighted by atomic mass is 10.0. The molecule has 0 aliphatic carbocycles. The Labute approximate surface area is 161 Å². The highest BCUT2D eigenvalue weighted by molar-refractivity contribution is 5.87. The van der Waals surface area contributed by atoms with E-state index in [1.165, 1.54) is 5.56 Å². The lowest BCUT2D eigenvalue weighted by Gasteiger charge is -2.09. The largest absolute Gasteiger partial charge is 0.478 e. The Morgan fingerprint density at radius 2 is 1.89 bits per heavy atom. The van der Waals surface area contributed by atoms with Crippen molar-refractivity contribution in [1.29, 1.82) is 0 Å². The number of carbonyl (C=O) groups is 1. The van der Waals surface area contributed by atoms with Gasteiger partial charge in [0.2, 0.25) is 6.79 Å². The lowest BCUT2D eigenvalue weighted by molar-refractivity contribution is 0.0697. The number of rotatable bonds is 3. The average Bonchev–Trinajstić information content (AvgIpc) is 3.25. The third-order valence-corrected chi connectivity index (χ3v) is 5.13. The van der Waals surface area contributed by atoms with Crippen molar-refractivity contribution in [1.82, 2.24) is 9.78 Å². The first kappa shape index (κ1) is 16.7. The highest BCUT2D eigenvalue weighted by Gasteiger charge is 2.23. The predicted octanol–water partition coefficient (Wildman–Crippen LogP) is 3.71. The summed E-state index contributed by atoms with van der Waals surface area (Å²) in [5.41, 5.74) is 4.13. The summed E-state index contributed by atoms with van der Waals surface area (Å²) in [4.78, 5) is 11.2. The zero-order valence-electron chi connectivity index (χ0n) is 15.1. The van der Waals surface area contributed by atoms with Crippen molar-refractivity contribution in [3.63, 3.8) is 0 Å². The van der Waals surface area contributed by atoms with E-state index in [2.05, 4.69) is 5.32 Å². The van der Waals surface area contributed by atoms with Crippen LogP contribution in [0.1, 0.15) is 28.8 Å². The Morgan fingerprint density at radius 3 is 2.71 bits per heavy atom. The number of fused-ring (bicyclic) bond motifs is 2. The zero-order valence-corrected chi connectivity index (χ0v) is 15.1. The van der Waals surface area contributed by atoms with Gasteiger partial charge in [-0.05, 0) is 61.7 Å². The number of aromatic carboxylic acids is 1. The van der Waals surface area contributed by atoms with Crippen LogP contribution in [0.5, 0.6) is 11.5 Å². The molecule has 7 heteroatoms. The van der Waals surface area contributed by atoms with Crippen LogP contribution in [0.15, 0.2) is 42.5 Å². The van der Waals surface area contributed by atoms with E-state index in [1.54, 1.807) is 24.3 Å². The van der Waals surface area contributed by atoms with Gasteiger partial charge in [-0.1, -0.05) is 0 Å². The molecule has 2 aliphatic rings. The van der Waals surface area contributed by atoms with Crippen LogP contribution in [0.25, 0.3) is 16.9 Å². The molecule has 2 aromatic carbocycles. The van der Waals surface area contributed by atoms with Crippen LogP contribution in [0.4, 0.5) is 5.82 Å². The summed E-state index contributed by atoms with van der Waals surface area (Å²) in [6, 6.07) is 12.6. The maximum atomic E-state index is 11.2. The van der Waals surface area contributed by atoms with E-state index in [1.807, 2.05) is 22.9 Å². The topological polar surface area (TPSA) is 85.6 Å². The van der Waals surface area contributed by atoms with Gasteiger partial charge >= 0.3 is 5.97 Å². The van der Waals surface area contributed by atoms with Crippen molar-refractivity contribution in [3.05, 3.63) is 53.6 Å². The van der Waals surface area contributed by atoms with Crippen molar-refractivity contribution in [2.45, 2.75) is 19.3 Å². The fourth-order valence-corrected chi connectivity index (χ4v) is 3.71. The van der Waals surface area contributed by atoms with Gasteiger partial charge in [0, 0.05) is 17.7 Å². The van der Waals surface area contributed by atoms with E-state index in [4.69, 9.17) is 19.7 Å². The summed E-state index contributed by atoms with van der Waals surface area (Å²) in [6.45, 7) is 1.12. The number of carboxylic acids is 1. The first-order valence-corrected chi connectivity index (χ1v) is 9.30. The van der Waals surface area contributed by atoms with Gasteiger partial charge in [-0.15, -0.1) is 0 Å². The number of carboxylic acid groups (broad SMARTS) is 1. The van der Waals surface area contributed by atoms with Crippen molar-refractivity contribution in [3.8, 4) is 28.4 Å². The fourth-order valence-electron chi connectivity index (χ4n) is 3.71. The minimum atomic E-state index is -0.940. The molecule has 7 nitrogen and oxygen atoms in total. The van der Waals surface area contributed by atoms with Crippen LogP contribution >= 0.6 is 0 Å². The lowest BCUT2D eigenvalue weighted by Crippen LogP contribution is -2.07. The summed E-state index contributed by atoms with van der Waals surface area (Å²) in [5.74, 6) is 1.50. The van der Waals surface area contributed by atoms with E-state index >= 15 is 0 Å². The van der Waals surface area contributed by atoms with Gasteiger partial charge in [-0.25, -0.2) is 9.48 Å². The highest BCUT2D eigenvalue weighted by atomic mass is 16.7. The third-order valence-electron chi connectivity index (χ3n) is 5.13. The maximum Gasteiger partial charge on any atom is 0.335 e. The van der Waals surface area contributed by atoms with Crippen molar-refractivity contribution < 1.29 is 19.4 Å². The summed E-state index contributed by atoms with van der Waals surface area (Å²) in [6.07, 6.45) is 3.10. The Hall–Kier alpha value is -3.48. The van der Waals surface area contributed by atoms with E-state index in [-0.39, 0.29) is 12.4 Å². The second-order valence-corrected chi connectivity index (χ2v) is 6.89. The molecule has 0 saturated heterocycles. The molecule has 142 valence electrons. The normalized spacial score (nSPS) is 14.9. The molecule has 3 aromatic rings. The number of hydrogen-bond donors (Lipinski definition) is 2. The average molecular weight is 377 g/mol. The monoisotopic (exact) mass is 377 g/mol. The summed E-state index contributed by atoms with van der Waals surface area (Å²) >= 11 is 0. The molecule has 0 unspecified atom stereocenters. The minimum absolute atomic E-state index is 0.239. The van der Waals surface area contributed by atoms with Crippen molar-refractivity contribution >= 4 is 11.8 Å². The quantitative estimate of drug-likeness (QED) is 0.724. The van der Waals surface area contributed by atoms with Crippen LogP contribution in [-0.4, -0.2) is 34.2 Å². The second-order valence-electron chi connectivity index (χ2n) is 6.89. The molecule has 5 rings (SSSR count). The molecular formula is C21H19N3O4. The van der Waals surface area contributed by atoms with Gasteiger partial charge in [0.25, 0.3) is 0 Å². The summed E-state index contributed by atoms with van der Waals surface area (Å²) in [7, 11) is 0. The van der Waals surface area contributed by atoms with E-state index in [0.29, 0.717) is 0 Å². The van der Waals surface area contributed by atoms with Crippen LogP contribution in [0, 0.1) is 0 Å². The Morgan fingerprint density at radius 1 is 1.07 bits per heavy atom. The highest BCUT2D eigenvalue weighted by Crippen LogP contribution is 2.39. The molecule has 0 fully saturated rings. The van der Waals surface area contributed by atoms with Gasteiger partial charge in [0.1, 0.15) is 5.82 Å². The molecule has 0 spiro atoms. The maximum absolute atomic E-state index is 11.2. The molecule has 28 heavy (non-hydrogen) atoms. The number of anilines is 1. The van der Waals surface area contributed by atoms with Crippen molar-refractivity contribution in [2.24, 2.45) is 0 Å². The zero-order chi connectivity index (χ0) is 19.1. The van der Waals surface area contributed by atoms with Crippen LogP contribution in [0.3, 0.4) is 0 Å².